The maximum Gasteiger partial charge on any atom is 0.229 e. The van der Waals surface area contributed by atoms with E-state index in [2.05, 4.69) is 74.6 Å². The Hall–Kier alpha value is -3.52. The molecule has 7 nitrogen and oxygen atoms in total. The smallest absolute Gasteiger partial charge is 0.229 e. The Bertz CT molecular complexity index is 1160. The number of piperazine rings is 1. The SMILES string of the molecule is Cc1cc(C)nc(N/C(=N/C(=S)Nc2cccc(C)c2C)N2CCN(c3ccccc3)CC2)n1. The van der Waals surface area contributed by atoms with E-state index in [4.69, 9.17) is 17.2 Å². The molecular formula is C26H31N7S. The van der Waals surface area contributed by atoms with Gasteiger partial charge in [0.2, 0.25) is 17.0 Å². The second-order valence-corrected chi connectivity index (χ2v) is 8.91. The molecular weight excluding hydrogens is 442 g/mol. The molecule has 1 aromatic heterocycles. The number of benzene rings is 2. The molecule has 0 bridgehead atoms. The predicted molar refractivity (Wildman–Crippen MR) is 145 cm³/mol. The fraction of sp³-hybridized carbons (Fsp3) is 0.308. The van der Waals surface area contributed by atoms with Crippen LogP contribution in [0.15, 0.2) is 59.6 Å². The lowest BCUT2D eigenvalue weighted by Gasteiger charge is -2.37. The third-order valence-corrected chi connectivity index (χ3v) is 6.15. The summed E-state index contributed by atoms with van der Waals surface area (Å²) in [5.41, 5.74) is 6.36. The molecule has 1 aliphatic heterocycles. The molecule has 1 aliphatic rings. The van der Waals surface area contributed by atoms with Gasteiger partial charge in [-0.2, -0.15) is 4.99 Å². The first kappa shape index (κ1) is 23.6. The van der Waals surface area contributed by atoms with E-state index in [0.717, 1.165) is 48.8 Å². The molecule has 2 N–H and O–H groups in total. The summed E-state index contributed by atoms with van der Waals surface area (Å²) in [4.78, 5) is 18.4. The van der Waals surface area contributed by atoms with Crippen LogP contribution in [0.5, 0.6) is 0 Å². The van der Waals surface area contributed by atoms with E-state index in [9.17, 15) is 0 Å². The van der Waals surface area contributed by atoms with E-state index >= 15 is 0 Å². The second kappa shape index (κ2) is 10.6. The quantitative estimate of drug-likeness (QED) is 0.325. The van der Waals surface area contributed by atoms with Crippen LogP contribution in [-0.4, -0.2) is 52.1 Å². The van der Waals surface area contributed by atoms with Crippen molar-refractivity contribution in [2.24, 2.45) is 4.99 Å². The lowest BCUT2D eigenvalue weighted by Crippen LogP contribution is -2.51. The Balaban J connectivity index is 1.55. The molecule has 0 radical (unpaired) electrons. The van der Waals surface area contributed by atoms with Crippen molar-refractivity contribution in [3.05, 3.63) is 77.1 Å². The van der Waals surface area contributed by atoms with E-state index in [1.807, 2.05) is 38.1 Å². The number of nitrogens with one attached hydrogen (secondary N) is 2. The van der Waals surface area contributed by atoms with Crippen molar-refractivity contribution in [3.8, 4) is 0 Å². The molecule has 2 heterocycles. The van der Waals surface area contributed by atoms with Crippen LogP contribution in [0.25, 0.3) is 0 Å². The molecule has 0 spiro atoms. The highest BCUT2D eigenvalue weighted by atomic mass is 32.1. The second-order valence-electron chi connectivity index (χ2n) is 8.52. The summed E-state index contributed by atoms with van der Waals surface area (Å²) in [6.45, 7) is 11.5. The Morgan fingerprint density at radius 2 is 1.53 bits per heavy atom. The number of nitrogens with zero attached hydrogens (tertiary/aromatic N) is 5. The summed E-state index contributed by atoms with van der Waals surface area (Å²) in [6.07, 6.45) is 0. The molecule has 3 aromatic rings. The largest absolute Gasteiger partial charge is 0.368 e. The molecule has 2 aromatic carbocycles. The minimum atomic E-state index is 0.395. The van der Waals surface area contributed by atoms with Gasteiger partial charge in [-0.15, -0.1) is 0 Å². The Labute approximate surface area is 207 Å². The van der Waals surface area contributed by atoms with E-state index in [1.54, 1.807) is 0 Å². The summed E-state index contributed by atoms with van der Waals surface area (Å²) >= 11 is 5.64. The molecule has 4 rings (SSSR count). The molecule has 0 saturated carbocycles. The molecule has 34 heavy (non-hydrogen) atoms. The third kappa shape index (κ3) is 5.88. The molecule has 0 amide bonds. The fourth-order valence-corrected chi connectivity index (χ4v) is 4.20. The normalized spacial score (nSPS) is 14.2. The van der Waals surface area contributed by atoms with E-state index in [-0.39, 0.29) is 0 Å². The van der Waals surface area contributed by atoms with Crippen molar-refractivity contribution in [1.29, 1.82) is 0 Å². The number of aromatic nitrogens is 2. The third-order valence-electron chi connectivity index (χ3n) is 5.96. The Kier molecular flexibility index (Phi) is 7.37. The van der Waals surface area contributed by atoms with Gasteiger partial charge < -0.3 is 15.1 Å². The van der Waals surface area contributed by atoms with Gasteiger partial charge in [0.1, 0.15) is 0 Å². The number of rotatable bonds is 3. The lowest BCUT2D eigenvalue weighted by molar-refractivity contribution is 0.385. The average molecular weight is 474 g/mol. The van der Waals surface area contributed by atoms with E-state index < -0.39 is 0 Å². The van der Waals surface area contributed by atoms with E-state index in [0.29, 0.717) is 17.0 Å². The Morgan fingerprint density at radius 3 is 2.21 bits per heavy atom. The van der Waals surface area contributed by atoms with Gasteiger partial charge in [0, 0.05) is 48.9 Å². The standard InChI is InChI=1S/C26H31N7S/c1-18-9-8-12-23(21(18)4)29-26(34)31-25(30-24-27-19(2)17-20(3)28-24)33-15-13-32(14-16-33)22-10-6-5-7-11-22/h5-12,17H,13-16H2,1-4H3,(H2,27,28,29,30,31,34). The van der Waals surface area contributed by atoms with Crippen LogP contribution >= 0.6 is 12.2 Å². The van der Waals surface area contributed by atoms with Crippen LogP contribution in [0.4, 0.5) is 17.3 Å². The van der Waals surface area contributed by atoms with Crippen molar-refractivity contribution in [2.45, 2.75) is 27.7 Å². The maximum atomic E-state index is 5.64. The number of anilines is 3. The lowest BCUT2D eigenvalue weighted by atomic mass is 10.1. The van der Waals surface area contributed by atoms with Crippen molar-refractivity contribution in [2.75, 3.05) is 41.7 Å². The number of aryl methyl sites for hydroxylation is 3. The van der Waals surface area contributed by atoms with Gasteiger partial charge >= 0.3 is 0 Å². The zero-order chi connectivity index (χ0) is 24.1. The minimum absolute atomic E-state index is 0.395. The van der Waals surface area contributed by atoms with Gasteiger partial charge in [0.25, 0.3) is 0 Å². The minimum Gasteiger partial charge on any atom is -0.368 e. The monoisotopic (exact) mass is 473 g/mol. The van der Waals surface area contributed by atoms with Crippen molar-refractivity contribution in [3.63, 3.8) is 0 Å². The van der Waals surface area contributed by atoms with Crippen molar-refractivity contribution < 1.29 is 0 Å². The number of hydrogen-bond acceptors (Lipinski definition) is 4. The zero-order valence-electron chi connectivity index (χ0n) is 20.2. The van der Waals surface area contributed by atoms with Crippen LogP contribution < -0.4 is 15.5 Å². The highest BCUT2D eigenvalue weighted by Crippen LogP contribution is 2.19. The number of hydrogen-bond donors (Lipinski definition) is 2. The average Bonchev–Trinajstić information content (AvgIpc) is 2.82. The maximum absolute atomic E-state index is 5.64. The Morgan fingerprint density at radius 1 is 0.853 bits per heavy atom. The first-order valence-corrected chi connectivity index (χ1v) is 11.9. The first-order valence-electron chi connectivity index (χ1n) is 11.5. The highest BCUT2D eigenvalue weighted by Gasteiger charge is 2.21. The van der Waals surface area contributed by atoms with Gasteiger partial charge in [0.05, 0.1) is 0 Å². The molecule has 0 atom stereocenters. The van der Waals surface area contributed by atoms with Gasteiger partial charge in [0.15, 0.2) is 0 Å². The number of guanidine groups is 1. The summed E-state index contributed by atoms with van der Waals surface area (Å²) in [5.74, 6) is 1.18. The summed E-state index contributed by atoms with van der Waals surface area (Å²) in [7, 11) is 0. The fourth-order valence-electron chi connectivity index (χ4n) is 4.00. The summed E-state index contributed by atoms with van der Waals surface area (Å²) in [6, 6.07) is 18.6. The zero-order valence-corrected chi connectivity index (χ0v) is 21.0. The van der Waals surface area contributed by atoms with Crippen LogP contribution in [0, 0.1) is 27.7 Å². The highest BCUT2D eigenvalue weighted by molar-refractivity contribution is 7.80. The van der Waals surface area contributed by atoms with Crippen LogP contribution in [0.2, 0.25) is 0 Å². The first-order chi connectivity index (χ1) is 16.4. The number of para-hydroxylation sites is 1. The molecule has 8 heteroatoms. The molecule has 0 unspecified atom stereocenters. The topological polar surface area (TPSA) is 68.7 Å². The number of aliphatic imine (C=N–C) groups is 1. The van der Waals surface area contributed by atoms with Gasteiger partial charge in [-0.25, -0.2) is 9.97 Å². The molecule has 1 saturated heterocycles. The van der Waals surface area contributed by atoms with Crippen LogP contribution in [-0.2, 0) is 0 Å². The van der Waals surface area contributed by atoms with Crippen molar-refractivity contribution >= 4 is 40.6 Å². The van der Waals surface area contributed by atoms with E-state index in [1.165, 1.54) is 11.3 Å². The van der Waals surface area contributed by atoms with Crippen molar-refractivity contribution in [1.82, 2.24) is 14.9 Å². The van der Waals surface area contributed by atoms with Gasteiger partial charge in [-0.3, -0.25) is 5.32 Å². The predicted octanol–water partition coefficient (Wildman–Crippen LogP) is 4.70. The summed E-state index contributed by atoms with van der Waals surface area (Å²) < 4.78 is 0. The van der Waals surface area contributed by atoms with Crippen LogP contribution in [0.3, 0.4) is 0 Å². The molecule has 1 fully saturated rings. The summed E-state index contributed by atoms with van der Waals surface area (Å²) in [5, 5.41) is 7.02. The van der Waals surface area contributed by atoms with Gasteiger partial charge in [-0.05, 0) is 75.3 Å². The molecule has 0 aliphatic carbocycles. The number of thiocarbonyl (C=S) groups is 1. The van der Waals surface area contributed by atoms with Gasteiger partial charge in [-0.1, -0.05) is 30.3 Å². The molecule has 176 valence electrons. The van der Waals surface area contributed by atoms with Crippen LogP contribution in [0.1, 0.15) is 22.5 Å².